The van der Waals surface area contributed by atoms with E-state index in [4.69, 9.17) is 4.74 Å². The molecular weight excluding hydrogens is 253 g/mol. The van der Waals surface area contributed by atoms with E-state index >= 15 is 0 Å². The van der Waals surface area contributed by atoms with Crippen molar-refractivity contribution in [2.45, 2.75) is 0 Å². The molecule has 0 saturated carbocycles. The summed E-state index contributed by atoms with van der Waals surface area (Å²) in [6.07, 6.45) is 0. The topological polar surface area (TPSA) is 38.3 Å². The summed E-state index contributed by atoms with van der Waals surface area (Å²) in [4.78, 5) is 11.4. The van der Waals surface area contributed by atoms with Crippen molar-refractivity contribution in [2.75, 3.05) is 13.2 Å². The fourth-order valence-corrected chi connectivity index (χ4v) is 1.61. The minimum absolute atomic E-state index is 0.0307. The van der Waals surface area contributed by atoms with Gasteiger partial charge < -0.3 is 10.1 Å². The summed E-state index contributed by atoms with van der Waals surface area (Å²) in [5.74, 6) is -0.723. The highest BCUT2D eigenvalue weighted by molar-refractivity contribution is 9.10. The highest BCUT2D eigenvalue weighted by Crippen LogP contribution is 2.28. The van der Waals surface area contributed by atoms with Gasteiger partial charge >= 0.3 is 0 Å². The molecule has 1 aromatic rings. The first-order valence-electron chi connectivity index (χ1n) is 4.09. The van der Waals surface area contributed by atoms with Gasteiger partial charge in [0, 0.05) is 0 Å². The number of ether oxygens (including phenoxy) is 1. The van der Waals surface area contributed by atoms with Crippen LogP contribution in [0.15, 0.2) is 16.6 Å². The number of rotatable bonds is 0. The van der Waals surface area contributed by atoms with Crippen LogP contribution in [0.1, 0.15) is 10.4 Å². The van der Waals surface area contributed by atoms with Crippen LogP contribution in [0.2, 0.25) is 0 Å². The minimum atomic E-state index is -0.582. The van der Waals surface area contributed by atoms with Crippen molar-refractivity contribution in [2.24, 2.45) is 0 Å². The van der Waals surface area contributed by atoms with Gasteiger partial charge in [-0.15, -0.1) is 0 Å². The number of carbonyl (C=O) groups is 1. The molecule has 1 heterocycles. The van der Waals surface area contributed by atoms with Gasteiger partial charge in [0.05, 0.1) is 11.0 Å². The fraction of sp³-hybridized carbons (Fsp3) is 0.222. The first kappa shape index (κ1) is 9.45. The number of halogens is 2. The zero-order valence-corrected chi connectivity index (χ0v) is 8.73. The molecule has 0 spiro atoms. The van der Waals surface area contributed by atoms with Crippen LogP contribution in [0.3, 0.4) is 0 Å². The fourth-order valence-electron chi connectivity index (χ4n) is 1.28. The van der Waals surface area contributed by atoms with Gasteiger partial charge in [-0.1, -0.05) is 0 Å². The number of hydrogen-bond acceptors (Lipinski definition) is 2. The van der Waals surface area contributed by atoms with Crippen molar-refractivity contribution in [3.63, 3.8) is 0 Å². The van der Waals surface area contributed by atoms with E-state index in [1.165, 1.54) is 6.07 Å². The molecule has 1 aromatic carbocycles. The molecule has 1 amide bonds. The van der Waals surface area contributed by atoms with E-state index in [9.17, 15) is 9.18 Å². The second-order valence-electron chi connectivity index (χ2n) is 2.84. The Labute approximate surface area is 88.4 Å². The second kappa shape index (κ2) is 3.57. The van der Waals surface area contributed by atoms with Crippen LogP contribution >= 0.6 is 15.9 Å². The van der Waals surface area contributed by atoms with Gasteiger partial charge in [0.2, 0.25) is 0 Å². The van der Waals surface area contributed by atoms with E-state index in [2.05, 4.69) is 21.2 Å². The van der Waals surface area contributed by atoms with E-state index in [0.717, 1.165) is 0 Å². The number of nitrogens with one attached hydrogen (secondary N) is 1. The molecule has 0 aromatic heterocycles. The zero-order chi connectivity index (χ0) is 10.1. The van der Waals surface area contributed by atoms with Crippen molar-refractivity contribution in [3.05, 3.63) is 28.0 Å². The lowest BCUT2D eigenvalue weighted by molar-refractivity contribution is 0.0953. The predicted molar refractivity (Wildman–Crippen MR) is 51.9 cm³/mol. The normalized spacial score (nSPS) is 15.1. The highest BCUT2D eigenvalue weighted by atomic mass is 79.9. The Morgan fingerprint density at radius 3 is 3.07 bits per heavy atom. The Hall–Kier alpha value is -1.10. The van der Waals surface area contributed by atoms with Crippen molar-refractivity contribution in [3.8, 4) is 5.75 Å². The molecule has 0 saturated heterocycles. The second-order valence-corrected chi connectivity index (χ2v) is 3.69. The molecule has 0 aliphatic carbocycles. The molecule has 1 N–H and O–H groups in total. The summed E-state index contributed by atoms with van der Waals surface area (Å²) < 4.78 is 19.0. The Morgan fingerprint density at radius 1 is 1.50 bits per heavy atom. The third kappa shape index (κ3) is 1.48. The van der Waals surface area contributed by atoms with E-state index in [1.807, 2.05) is 0 Å². The SMILES string of the molecule is O=C1NCCOc2ccc(Br)c(F)c21. The van der Waals surface area contributed by atoms with Gasteiger partial charge in [0.15, 0.2) is 5.82 Å². The molecule has 2 rings (SSSR count). The molecule has 14 heavy (non-hydrogen) atoms. The van der Waals surface area contributed by atoms with Crippen LogP contribution in [-0.4, -0.2) is 19.1 Å². The summed E-state index contributed by atoms with van der Waals surface area (Å²) in [6.45, 7) is 0.754. The molecule has 0 fully saturated rings. The van der Waals surface area contributed by atoms with E-state index in [-0.39, 0.29) is 10.0 Å². The van der Waals surface area contributed by atoms with Crippen molar-refractivity contribution >= 4 is 21.8 Å². The molecular formula is C9H7BrFNO2. The van der Waals surface area contributed by atoms with Gasteiger partial charge in [0.25, 0.3) is 5.91 Å². The third-order valence-corrected chi connectivity index (χ3v) is 2.54. The lowest BCUT2D eigenvalue weighted by atomic mass is 10.2. The summed E-state index contributed by atoms with van der Waals surface area (Å²) in [5.41, 5.74) is -0.0307. The average molecular weight is 260 g/mol. The predicted octanol–water partition coefficient (Wildman–Crippen LogP) is 1.71. The molecule has 5 heteroatoms. The van der Waals surface area contributed by atoms with Crippen LogP contribution in [0, 0.1) is 5.82 Å². The Kier molecular flexibility index (Phi) is 2.41. The van der Waals surface area contributed by atoms with Crippen molar-refractivity contribution < 1.29 is 13.9 Å². The van der Waals surface area contributed by atoms with Gasteiger partial charge in [-0.25, -0.2) is 4.39 Å². The molecule has 0 bridgehead atoms. The number of fused-ring (bicyclic) bond motifs is 1. The molecule has 0 radical (unpaired) electrons. The highest BCUT2D eigenvalue weighted by Gasteiger charge is 2.22. The average Bonchev–Trinajstić information content (AvgIpc) is 2.35. The number of hydrogen-bond donors (Lipinski definition) is 1. The summed E-state index contributed by atoms with van der Waals surface area (Å²) in [7, 11) is 0. The maximum atomic E-state index is 13.5. The lowest BCUT2D eigenvalue weighted by Gasteiger charge is -2.06. The quantitative estimate of drug-likeness (QED) is 0.771. The van der Waals surface area contributed by atoms with Crippen LogP contribution in [0.5, 0.6) is 5.75 Å². The van der Waals surface area contributed by atoms with Gasteiger partial charge in [0.1, 0.15) is 17.9 Å². The molecule has 0 atom stereocenters. The van der Waals surface area contributed by atoms with Crippen molar-refractivity contribution in [1.82, 2.24) is 5.32 Å². The standard InChI is InChI=1S/C9H7BrFNO2/c10-5-1-2-6-7(8(5)11)9(13)12-3-4-14-6/h1-2H,3-4H2,(H,12,13). The molecule has 74 valence electrons. The molecule has 0 unspecified atom stereocenters. The third-order valence-electron chi connectivity index (χ3n) is 1.93. The first-order valence-corrected chi connectivity index (χ1v) is 4.88. The summed E-state index contributed by atoms with van der Waals surface area (Å²) in [5, 5.41) is 2.54. The summed E-state index contributed by atoms with van der Waals surface area (Å²) in [6, 6.07) is 3.10. The zero-order valence-electron chi connectivity index (χ0n) is 7.14. The lowest BCUT2D eigenvalue weighted by Crippen LogP contribution is -2.25. The van der Waals surface area contributed by atoms with Crippen LogP contribution in [0.25, 0.3) is 0 Å². The summed E-state index contributed by atoms with van der Waals surface area (Å²) >= 11 is 3.02. The maximum absolute atomic E-state index is 13.5. The Bertz CT molecular complexity index is 395. The number of carbonyl (C=O) groups excluding carboxylic acids is 1. The van der Waals surface area contributed by atoms with E-state index < -0.39 is 11.7 Å². The van der Waals surface area contributed by atoms with Gasteiger partial charge in [-0.05, 0) is 28.1 Å². The minimum Gasteiger partial charge on any atom is -0.491 e. The molecule has 1 aliphatic heterocycles. The monoisotopic (exact) mass is 259 g/mol. The van der Waals surface area contributed by atoms with Gasteiger partial charge in [-0.2, -0.15) is 0 Å². The molecule has 1 aliphatic rings. The van der Waals surface area contributed by atoms with Gasteiger partial charge in [-0.3, -0.25) is 4.79 Å². The van der Waals surface area contributed by atoms with E-state index in [0.29, 0.717) is 18.9 Å². The number of benzene rings is 1. The smallest absolute Gasteiger partial charge is 0.258 e. The maximum Gasteiger partial charge on any atom is 0.258 e. The van der Waals surface area contributed by atoms with Crippen LogP contribution in [-0.2, 0) is 0 Å². The first-order chi connectivity index (χ1) is 6.70. The largest absolute Gasteiger partial charge is 0.491 e. The van der Waals surface area contributed by atoms with Crippen molar-refractivity contribution in [1.29, 1.82) is 0 Å². The molecule has 3 nitrogen and oxygen atoms in total. The van der Waals surface area contributed by atoms with Crippen LogP contribution in [0.4, 0.5) is 4.39 Å². The Morgan fingerprint density at radius 2 is 2.29 bits per heavy atom. The number of amides is 1. The van der Waals surface area contributed by atoms with E-state index in [1.54, 1.807) is 6.07 Å². The Balaban J connectivity index is 2.60. The van der Waals surface area contributed by atoms with Crippen LogP contribution < -0.4 is 10.1 Å².